The summed E-state index contributed by atoms with van der Waals surface area (Å²) in [6.07, 6.45) is -1.88. The molecule has 0 saturated carbocycles. The first-order chi connectivity index (χ1) is 10.5. The number of hydrogen-bond donors (Lipinski definition) is 0. The molecule has 1 aliphatic heterocycles. The van der Waals surface area contributed by atoms with E-state index in [0.717, 1.165) is 13.0 Å². The van der Waals surface area contributed by atoms with Crippen molar-refractivity contribution in [3.63, 3.8) is 0 Å². The van der Waals surface area contributed by atoms with Gasteiger partial charge in [0.1, 0.15) is 0 Å². The maximum atomic E-state index is 12.6. The van der Waals surface area contributed by atoms with Crippen molar-refractivity contribution in [3.8, 4) is 0 Å². The monoisotopic (exact) mass is 341 g/mol. The maximum Gasteiger partial charge on any atom is 0.412 e. The van der Waals surface area contributed by atoms with Crippen molar-refractivity contribution in [2.45, 2.75) is 19.0 Å². The summed E-state index contributed by atoms with van der Waals surface area (Å²) in [6, 6.07) is 14.5. The average molecular weight is 342 g/mol. The Hall–Kier alpha value is -1.52. The molecule has 3 rings (SSSR count). The van der Waals surface area contributed by atoms with E-state index in [9.17, 15) is 13.2 Å². The Balaban J connectivity index is 0.00000192. The molecule has 0 bridgehead atoms. The first kappa shape index (κ1) is 17.8. The van der Waals surface area contributed by atoms with Gasteiger partial charge in [0.2, 0.25) is 0 Å². The molecule has 5 heteroatoms. The van der Waals surface area contributed by atoms with Gasteiger partial charge in [0.15, 0.2) is 0 Å². The van der Waals surface area contributed by atoms with Crippen LogP contribution in [0.5, 0.6) is 0 Å². The van der Waals surface area contributed by atoms with E-state index in [1.54, 1.807) is 0 Å². The van der Waals surface area contributed by atoms with Crippen LogP contribution in [0.25, 0.3) is 10.8 Å². The second kappa shape index (κ2) is 7.37. The van der Waals surface area contributed by atoms with Gasteiger partial charge < -0.3 is 0 Å². The third-order valence-electron chi connectivity index (χ3n) is 4.19. The van der Waals surface area contributed by atoms with Crippen molar-refractivity contribution in [3.05, 3.63) is 59.7 Å². The highest BCUT2D eigenvalue weighted by molar-refractivity contribution is 5.85. The second-order valence-electron chi connectivity index (χ2n) is 5.71. The van der Waals surface area contributed by atoms with Crippen LogP contribution < -0.4 is 0 Å². The van der Waals surface area contributed by atoms with E-state index in [-0.39, 0.29) is 24.4 Å². The quantitative estimate of drug-likeness (QED) is 0.710. The second-order valence-corrected chi connectivity index (χ2v) is 5.71. The number of halogens is 4. The van der Waals surface area contributed by atoms with Crippen LogP contribution in [0.4, 0.5) is 13.2 Å². The normalized spacial score (nSPS) is 16.0. The Labute approximate surface area is 140 Å². The number of benzene rings is 2. The van der Waals surface area contributed by atoms with E-state index in [1.807, 2.05) is 12.1 Å². The van der Waals surface area contributed by atoms with Gasteiger partial charge in [0.25, 0.3) is 0 Å². The third-order valence-corrected chi connectivity index (χ3v) is 4.19. The molecule has 0 fully saturated rings. The fraction of sp³-hybridized carbons (Fsp3) is 0.333. The Bertz CT molecular complexity index is 694. The van der Waals surface area contributed by atoms with Gasteiger partial charge in [0.05, 0.1) is 0 Å². The van der Waals surface area contributed by atoms with E-state index in [2.05, 4.69) is 35.2 Å². The minimum Gasteiger partial charge on any atom is -0.299 e. The minimum atomic E-state index is -4.16. The summed E-state index contributed by atoms with van der Waals surface area (Å²) in [6.45, 7) is 1.67. The zero-order valence-corrected chi connectivity index (χ0v) is 13.5. The third kappa shape index (κ3) is 4.49. The van der Waals surface area contributed by atoms with E-state index in [4.69, 9.17) is 0 Å². The molecule has 1 aliphatic rings. The van der Waals surface area contributed by atoms with Crippen molar-refractivity contribution in [2.75, 3.05) is 19.6 Å². The van der Waals surface area contributed by atoms with Crippen LogP contribution in [0.15, 0.2) is 54.1 Å². The first-order valence-corrected chi connectivity index (χ1v) is 7.49. The van der Waals surface area contributed by atoms with Crippen LogP contribution in [0, 0.1) is 0 Å². The minimum absolute atomic E-state index is 0. The largest absolute Gasteiger partial charge is 0.412 e. The van der Waals surface area contributed by atoms with Gasteiger partial charge in [-0.2, -0.15) is 13.2 Å². The Morgan fingerprint density at radius 3 is 2.39 bits per heavy atom. The van der Waals surface area contributed by atoms with E-state index in [0.29, 0.717) is 13.1 Å². The van der Waals surface area contributed by atoms with Crippen molar-refractivity contribution >= 4 is 23.2 Å². The fourth-order valence-corrected chi connectivity index (χ4v) is 2.85. The van der Waals surface area contributed by atoms with Gasteiger partial charge in [-0.1, -0.05) is 48.5 Å². The molecule has 1 heterocycles. The number of nitrogens with zero attached hydrogens (tertiary/aromatic N) is 1. The summed E-state index contributed by atoms with van der Waals surface area (Å²) < 4.78 is 37.7. The number of alkyl halides is 3. The molecule has 23 heavy (non-hydrogen) atoms. The lowest BCUT2D eigenvalue weighted by atomic mass is 10.0. The van der Waals surface area contributed by atoms with Crippen LogP contribution in [-0.2, 0) is 6.42 Å². The zero-order valence-electron chi connectivity index (χ0n) is 12.6. The van der Waals surface area contributed by atoms with Gasteiger partial charge in [-0.3, -0.25) is 4.90 Å². The Morgan fingerprint density at radius 2 is 1.74 bits per heavy atom. The highest BCUT2D eigenvalue weighted by Gasteiger charge is 2.34. The Morgan fingerprint density at radius 1 is 1.00 bits per heavy atom. The summed E-state index contributed by atoms with van der Waals surface area (Å²) in [5, 5.41) is 2.42. The number of fused-ring (bicyclic) bond motifs is 1. The van der Waals surface area contributed by atoms with E-state index >= 15 is 0 Å². The summed E-state index contributed by atoms with van der Waals surface area (Å²) >= 11 is 0. The smallest absolute Gasteiger partial charge is 0.299 e. The topological polar surface area (TPSA) is 3.24 Å². The van der Waals surface area contributed by atoms with Gasteiger partial charge in [-0.05, 0) is 29.2 Å². The molecule has 0 N–H and O–H groups in total. The molecule has 1 nitrogen and oxygen atoms in total. The maximum absolute atomic E-state index is 12.6. The molecule has 0 saturated heterocycles. The molecule has 124 valence electrons. The summed E-state index contributed by atoms with van der Waals surface area (Å²) in [4.78, 5) is 2.07. The van der Waals surface area contributed by atoms with Crippen molar-refractivity contribution in [2.24, 2.45) is 0 Å². The van der Waals surface area contributed by atoms with Gasteiger partial charge in [-0.25, -0.2) is 0 Å². The van der Waals surface area contributed by atoms with Crippen LogP contribution in [-0.4, -0.2) is 30.7 Å². The van der Waals surface area contributed by atoms with Crippen molar-refractivity contribution in [1.29, 1.82) is 0 Å². The molecule has 0 unspecified atom stereocenters. The predicted octanol–water partition coefficient (Wildman–Crippen LogP) is 5.00. The standard InChI is InChI=1S/C18H18F3N.ClH/c19-18(20,21)17-8-11-22(12-9-17)10-7-14-5-6-15-3-1-2-4-16(15)13-14;/h1-6,8,13H,7,9-12H2;1H. The fourth-order valence-electron chi connectivity index (χ4n) is 2.85. The molecule has 2 aromatic carbocycles. The lowest BCUT2D eigenvalue weighted by Crippen LogP contribution is -2.33. The summed E-state index contributed by atoms with van der Waals surface area (Å²) in [5.41, 5.74) is 0.846. The SMILES string of the molecule is Cl.FC(F)(F)C1=CCN(CCc2ccc3ccccc3c2)CC1. The Kier molecular flexibility index (Phi) is 5.71. The number of hydrogen-bond acceptors (Lipinski definition) is 1. The molecular weight excluding hydrogens is 323 g/mol. The van der Waals surface area contributed by atoms with Gasteiger partial charge in [-0.15, -0.1) is 12.4 Å². The van der Waals surface area contributed by atoms with Gasteiger partial charge in [0, 0.05) is 25.2 Å². The molecule has 0 amide bonds. The lowest BCUT2D eigenvalue weighted by Gasteiger charge is -2.27. The van der Waals surface area contributed by atoms with Crippen LogP contribution in [0.2, 0.25) is 0 Å². The van der Waals surface area contributed by atoms with Crippen LogP contribution in [0.3, 0.4) is 0 Å². The molecule has 0 spiro atoms. The lowest BCUT2D eigenvalue weighted by molar-refractivity contribution is -0.0959. The van der Waals surface area contributed by atoms with Gasteiger partial charge >= 0.3 is 6.18 Å². The van der Waals surface area contributed by atoms with Crippen LogP contribution >= 0.6 is 12.4 Å². The first-order valence-electron chi connectivity index (χ1n) is 7.49. The average Bonchev–Trinajstić information content (AvgIpc) is 2.52. The summed E-state index contributed by atoms with van der Waals surface area (Å²) in [5.74, 6) is 0. The predicted molar refractivity (Wildman–Crippen MR) is 90.1 cm³/mol. The summed E-state index contributed by atoms with van der Waals surface area (Å²) in [7, 11) is 0. The van der Waals surface area contributed by atoms with E-state index < -0.39 is 6.18 Å². The number of rotatable bonds is 3. The zero-order chi connectivity index (χ0) is 15.6. The van der Waals surface area contributed by atoms with Crippen molar-refractivity contribution < 1.29 is 13.2 Å². The molecular formula is C18H19ClF3N. The molecule has 0 atom stereocenters. The van der Waals surface area contributed by atoms with Crippen LogP contribution in [0.1, 0.15) is 12.0 Å². The highest BCUT2D eigenvalue weighted by Crippen LogP contribution is 2.30. The van der Waals surface area contributed by atoms with Crippen molar-refractivity contribution in [1.82, 2.24) is 4.90 Å². The highest BCUT2D eigenvalue weighted by atomic mass is 35.5. The molecule has 0 aromatic heterocycles. The molecule has 0 radical (unpaired) electrons. The molecule has 2 aromatic rings. The molecule has 0 aliphatic carbocycles. The van der Waals surface area contributed by atoms with E-state index in [1.165, 1.54) is 22.4 Å².